The van der Waals surface area contributed by atoms with Gasteiger partial charge in [-0.05, 0) is 41.1 Å². The number of anilines is 1. The standard InChI is InChI=1S/C19H17FN2O3S/c1-22(13-19(23)21-17-8-4-7-16(20)12-17)26(24,25)18-10-9-14-5-2-3-6-15(14)11-18/h2-12H,13H2,1H3,(H,21,23). The zero-order valence-corrected chi connectivity index (χ0v) is 14.8. The lowest BCUT2D eigenvalue weighted by molar-refractivity contribution is -0.116. The lowest BCUT2D eigenvalue weighted by Crippen LogP contribution is -2.35. The minimum absolute atomic E-state index is 0.109. The molecule has 0 bridgehead atoms. The zero-order valence-electron chi connectivity index (χ0n) is 14.0. The van der Waals surface area contributed by atoms with Gasteiger partial charge in [-0.15, -0.1) is 0 Å². The van der Waals surface area contributed by atoms with Crippen LogP contribution < -0.4 is 5.32 Å². The Bertz CT molecular complexity index is 1070. The summed E-state index contributed by atoms with van der Waals surface area (Å²) in [6.07, 6.45) is 0. The number of carbonyl (C=O) groups excluding carboxylic acids is 1. The Hall–Kier alpha value is -2.77. The number of carbonyl (C=O) groups is 1. The molecule has 26 heavy (non-hydrogen) atoms. The molecule has 3 rings (SSSR count). The smallest absolute Gasteiger partial charge is 0.243 e. The van der Waals surface area contributed by atoms with Crippen LogP contribution in [0.3, 0.4) is 0 Å². The summed E-state index contributed by atoms with van der Waals surface area (Å²) >= 11 is 0. The summed E-state index contributed by atoms with van der Waals surface area (Å²) in [5.41, 5.74) is 0.270. The highest BCUT2D eigenvalue weighted by Gasteiger charge is 2.23. The first-order chi connectivity index (χ1) is 12.4. The van der Waals surface area contributed by atoms with Crippen LogP contribution in [0.2, 0.25) is 0 Å². The second-order valence-electron chi connectivity index (χ2n) is 5.83. The largest absolute Gasteiger partial charge is 0.325 e. The highest BCUT2D eigenvalue weighted by Crippen LogP contribution is 2.21. The minimum atomic E-state index is -3.83. The lowest BCUT2D eigenvalue weighted by atomic mass is 10.1. The Morgan fingerprint density at radius 3 is 2.46 bits per heavy atom. The summed E-state index contributed by atoms with van der Waals surface area (Å²) in [4.78, 5) is 12.2. The summed E-state index contributed by atoms with van der Waals surface area (Å²) in [7, 11) is -2.50. The molecule has 0 saturated carbocycles. The normalized spacial score (nSPS) is 11.7. The van der Waals surface area contributed by atoms with E-state index >= 15 is 0 Å². The molecule has 3 aromatic carbocycles. The van der Waals surface area contributed by atoms with Crippen LogP contribution in [0.5, 0.6) is 0 Å². The summed E-state index contributed by atoms with van der Waals surface area (Å²) < 4.78 is 39.5. The van der Waals surface area contributed by atoms with Gasteiger partial charge in [-0.1, -0.05) is 36.4 Å². The van der Waals surface area contributed by atoms with E-state index < -0.39 is 21.7 Å². The van der Waals surface area contributed by atoms with E-state index in [1.807, 2.05) is 24.3 Å². The van der Waals surface area contributed by atoms with Gasteiger partial charge in [0.15, 0.2) is 0 Å². The van der Waals surface area contributed by atoms with E-state index in [9.17, 15) is 17.6 Å². The van der Waals surface area contributed by atoms with Crippen LogP contribution in [0.4, 0.5) is 10.1 Å². The van der Waals surface area contributed by atoms with Gasteiger partial charge in [0.05, 0.1) is 11.4 Å². The third-order valence-corrected chi connectivity index (χ3v) is 5.70. The maximum atomic E-state index is 13.2. The molecular formula is C19H17FN2O3S. The van der Waals surface area contributed by atoms with Gasteiger partial charge in [-0.25, -0.2) is 12.8 Å². The number of sulfonamides is 1. The van der Waals surface area contributed by atoms with Crippen molar-refractivity contribution in [2.24, 2.45) is 0 Å². The predicted molar refractivity (Wildman–Crippen MR) is 98.8 cm³/mol. The van der Waals surface area contributed by atoms with Crippen LogP contribution >= 0.6 is 0 Å². The van der Waals surface area contributed by atoms with Crippen LogP contribution in [0.15, 0.2) is 71.6 Å². The van der Waals surface area contributed by atoms with E-state index in [1.165, 1.54) is 31.3 Å². The quantitative estimate of drug-likeness (QED) is 0.748. The third kappa shape index (κ3) is 3.89. The highest BCUT2D eigenvalue weighted by molar-refractivity contribution is 7.89. The molecule has 0 spiro atoms. The van der Waals surface area contributed by atoms with E-state index in [1.54, 1.807) is 12.1 Å². The van der Waals surface area contributed by atoms with Crippen LogP contribution in [-0.2, 0) is 14.8 Å². The maximum Gasteiger partial charge on any atom is 0.243 e. The van der Waals surface area contributed by atoms with Crippen molar-refractivity contribution in [2.45, 2.75) is 4.90 Å². The van der Waals surface area contributed by atoms with Crippen LogP contribution in [0.25, 0.3) is 10.8 Å². The van der Waals surface area contributed by atoms with Crippen LogP contribution in [-0.4, -0.2) is 32.2 Å². The number of halogens is 1. The van der Waals surface area contributed by atoms with Crippen molar-refractivity contribution in [2.75, 3.05) is 18.9 Å². The number of likely N-dealkylation sites (N-methyl/N-ethyl adjacent to an activating group) is 1. The van der Waals surface area contributed by atoms with Gasteiger partial charge in [-0.3, -0.25) is 4.79 Å². The first-order valence-electron chi connectivity index (χ1n) is 7.87. The number of benzene rings is 3. The van der Waals surface area contributed by atoms with Crippen molar-refractivity contribution < 1.29 is 17.6 Å². The summed E-state index contributed by atoms with van der Waals surface area (Å²) in [5, 5.41) is 4.21. The van der Waals surface area contributed by atoms with E-state index in [0.717, 1.165) is 21.1 Å². The van der Waals surface area contributed by atoms with Gasteiger partial charge in [0.1, 0.15) is 5.82 Å². The molecule has 0 aliphatic carbocycles. The molecule has 0 saturated heterocycles. The van der Waals surface area contributed by atoms with Crippen molar-refractivity contribution in [1.82, 2.24) is 4.31 Å². The summed E-state index contributed by atoms with van der Waals surface area (Å²) in [5.74, 6) is -1.04. The molecular weight excluding hydrogens is 355 g/mol. The molecule has 7 heteroatoms. The molecule has 0 radical (unpaired) electrons. The molecule has 1 N–H and O–H groups in total. The molecule has 5 nitrogen and oxygen atoms in total. The predicted octanol–water partition coefficient (Wildman–Crippen LogP) is 3.24. The Morgan fingerprint density at radius 2 is 1.73 bits per heavy atom. The van der Waals surface area contributed by atoms with Gasteiger partial charge < -0.3 is 5.32 Å². The molecule has 0 heterocycles. The van der Waals surface area contributed by atoms with Gasteiger partial charge in [-0.2, -0.15) is 4.31 Å². The number of rotatable bonds is 5. The van der Waals surface area contributed by atoms with Crippen LogP contribution in [0, 0.1) is 5.82 Å². The van der Waals surface area contributed by atoms with E-state index in [-0.39, 0.29) is 17.1 Å². The molecule has 3 aromatic rings. The molecule has 134 valence electrons. The number of amides is 1. The molecule has 1 amide bonds. The maximum absolute atomic E-state index is 13.2. The number of hydrogen-bond acceptors (Lipinski definition) is 3. The Labute approximate surface area is 151 Å². The van der Waals surface area contributed by atoms with Crippen molar-refractivity contribution in [1.29, 1.82) is 0 Å². The van der Waals surface area contributed by atoms with E-state index in [4.69, 9.17) is 0 Å². The minimum Gasteiger partial charge on any atom is -0.325 e. The molecule has 0 aliphatic heterocycles. The van der Waals surface area contributed by atoms with Crippen molar-refractivity contribution >= 4 is 32.4 Å². The monoisotopic (exact) mass is 372 g/mol. The van der Waals surface area contributed by atoms with Crippen molar-refractivity contribution in [3.8, 4) is 0 Å². The first-order valence-corrected chi connectivity index (χ1v) is 9.31. The summed E-state index contributed by atoms with van der Waals surface area (Å²) in [6, 6.07) is 17.6. The molecule has 0 aromatic heterocycles. The highest BCUT2D eigenvalue weighted by atomic mass is 32.2. The van der Waals surface area contributed by atoms with Gasteiger partial charge in [0.2, 0.25) is 15.9 Å². The molecule has 0 fully saturated rings. The Kier molecular flexibility index (Phi) is 5.01. The number of nitrogens with zero attached hydrogens (tertiary/aromatic N) is 1. The molecule has 0 atom stereocenters. The second-order valence-corrected chi connectivity index (χ2v) is 7.87. The zero-order chi connectivity index (χ0) is 18.7. The molecule has 0 unspecified atom stereocenters. The number of nitrogens with one attached hydrogen (secondary N) is 1. The fourth-order valence-corrected chi connectivity index (χ4v) is 3.72. The average Bonchev–Trinajstić information content (AvgIpc) is 2.61. The Morgan fingerprint density at radius 1 is 1.00 bits per heavy atom. The third-order valence-electron chi connectivity index (χ3n) is 3.90. The average molecular weight is 372 g/mol. The number of hydrogen-bond donors (Lipinski definition) is 1. The van der Waals surface area contributed by atoms with E-state index in [2.05, 4.69) is 5.32 Å². The van der Waals surface area contributed by atoms with Gasteiger partial charge in [0.25, 0.3) is 0 Å². The number of fused-ring (bicyclic) bond motifs is 1. The van der Waals surface area contributed by atoms with Gasteiger partial charge >= 0.3 is 0 Å². The van der Waals surface area contributed by atoms with Crippen molar-refractivity contribution in [3.05, 3.63) is 72.5 Å². The Balaban J connectivity index is 1.76. The lowest BCUT2D eigenvalue weighted by Gasteiger charge is -2.17. The summed E-state index contributed by atoms with van der Waals surface area (Å²) in [6.45, 7) is -0.383. The molecule has 0 aliphatic rings. The fraction of sp³-hybridized carbons (Fsp3) is 0.105. The van der Waals surface area contributed by atoms with Crippen LogP contribution in [0.1, 0.15) is 0 Å². The SMILES string of the molecule is CN(CC(=O)Nc1cccc(F)c1)S(=O)(=O)c1ccc2ccccc2c1. The fourth-order valence-electron chi connectivity index (χ4n) is 2.56. The van der Waals surface area contributed by atoms with Crippen molar-refractivity contribution in [3.63, 3.8) is 0 Å². The second kappa shape index (κ2) is 7.23. The topological polar surface area (TPSA) is 66.5 Å². The van der Waals surface area contributed by atoms with E-state index in [0.29, 0.717) is 0 Å². The first kappa shape index (κ1) is 18.0. The van der Waals surface area contributed by atoms with Gasteiger partial charge in [0, 0.05) is 12.7 Å².